The fraction of sp³-hybridized carbons (Fsp3) is 0.238. The number of rotatable bonds is 8. The average Bonchev–Trinajstić information content (AvgIpc) is 2.72. The Hall–Kier alpha value is -2.73. The van der Waals surface area contributed by atoms with Crippen LogP contribution < -0.4 is 14.2 Å². The number of ether oxygens (including phenoxy) is 3. The summed E-state index contributed by atoms with van der Waals surface area (Å²) >= 11 is 1.57. The Morgan fingerprint density at radius 1 is 0.889 bits per heavy atom. The van der Waals surface area contributed by atoms with E-state index in [9.17, 15) is 0 Å². The van der Waals surface area contributed by atoms with Gasteiger partial charge in [-0.05, 0) is 36.2 Å². The van der Waals surface area contributed by atoms with Gasteiger partial charge in [0.1, 0.15) is 5.75 Å². The van der Waals surface area contributed by atoms with E-state index in [1.165, 1.54) is 0 Å². The smallest absolute Gasteiger partial charge is 0.223 e. The molecule has 0 aliphatic carbocycles. The molecule has 2 aromatic carbocycles. The maximum atomic E-state index is 5.96. The largest absolute Gasteiger partial charge is 0.497 e. The van der Waals surface area contributed by atoms with E-state index in [-0.39, 0.29) is 0 Å². The molecule has 27 heavy (non-hydrogen) atoms. The van der Waals surface area contributed by atoms with Crippen LogP contribution in [0.2, 0.25) is 0 Å². The molecule has 0 atom stereocenters. The lowest BCUT2D eigenvalue weighted by Gasteiger charge is -2.11. The van der Waals surface area contributed by atoms with Gasteiger partial charge in [-0.15, -0.1) is 0 Å². The molecular weight excluding hydrogens is 360 g/mol. The zero-order valence-corrected chi connectivity index (χ0v) is 16.5. The van der Waals surface area contributed by atoms with Crippen molar-refractivity contribution in [3.05, 3.63) is 65.9 Å². The highest BCUT2D eigenvalue weighted by molar-refractivity contribution is 7.98. The monoisotopic (exact) mass is 382 g/mol. The number of aromatic nitrogens is 2. The third-order valence-corrected chi connectivity index (χ3v) is 4.80. The molecule has 1 aromatic heterocycles. The van der Waals surface area contributed by atoms with Crippen LogP contribution in [0.1, 0.15) is 18.2 Å². The Morgan fingerprint density at radius 2 is 1.70 bits per heavy atom. The number of benzene rings is 2. The Labute approximate surface area is 163 Å². The number of aryl methyl sites for hydroxylation is 1. The van der Waals surface area contributed by atoms with E-state index in [1.54, 1.807) is 26.0 Å². The molecule has 0 spiro atoms. The standard InChI is InChI=1S/C21H22N2O3S/c1-4-16-13-20(26-19-11-6-5-10-18(19)25-3)23-21(22-16)27-14-15-8-7-9-17(12-15)24-2/h5-13H,4,14H2,1-3H3. The highest BCUT2D eigenvalue weighted by atomic mass is 32.2. The molecular formula is C21H22N2O3S. The summed E-state index contributed by atoms with van der Waals surface area (Å²) in [6.45, 7) is 2.06. The van der Waals surface area contributed by atoms with Gasteiger partial charge in [-0.2, -0.15) is 4.98 Å². The van der Waals surface area contributed by atoms with Gasteiger partial charge in [0.25, 0.3) is 0 Å². The Balaban J connectivity index is 1.78. The fourth-order valence-corrected chi connectivity index (χ4v) is 3.28. The van der Waals surface area contributed by atoms with Crippen LogP contribution in [-0.2, 0) is 12.2 Å². The molecule has 140 valence electrons. The van der Waals surface area contributed by atoms with Crippen LogP contribution in [0.25, 0.3) is 0 Å². The van der Waals surface area contributed by atoms with E-state index in [4.69, 9.17) is 14.2 Å². The summed E-state index contributed by atoms with van der Waals surface area (Å²) in [5.74, 6) is 3.40. The van der Waals surface area contributed by atoms with Crippen LogP contribution >= 0.6 is 11.8 Å². The molecule has 0 saturated heterocycles. The lowest BCUT2D eigenvalue weighted by atomic mass is 10.2. The van der Waals surface area contributed by atoms with Crippen LogP contribution in [-0.4, -0.2) is 24.2 Å². The summed E-state index contributed by atoms with van der Waals surface area (Å²) < 4.78 is 16.6. The second-order valence-electron chi connectivity index (χ2n) is 5.73. The van der Waals surface area contributed by atoms with Crippen molar-refractivity contribution in [3.8, 4) is 23.1 Å². The molecule has 1 heterocycles. The van der Waals surface area contributed by atoms with Crippen LogP contribution in [0, 0.1) is 0 Å². The second kappa shape index (κ2) is 9.28. The molecule has 0 bridgehead atoms. The summed E-state index contributed by atoms with van der Waals surface area (Å²) in [5.41, 5.74) is 2.08. The van der Waals surface area contributed by atoms with Crippen LogP contribution in [0.15, 0.2) is 59.8 Å². The molecule has 3 rings (SSSR count). The fourth-order valence-electron chi connectivity index (χ4n) is 2.47. The van der Waals surface area contributed by atoms with Crippen LogP contribution in [0.5, 0.6) is 23.1 Å². The van der Waals surface area contributed by atoms with E-state index in [0.29, 0.717) is 22.5 Å². The summed E-state index contributed by atoms with van der Waals surface area (Å²) in [4.78, 5) is 9.16. The first-order valence-corrected chi connectivity index (χ1v) is 9.65. The van der Waals surface area contributed by atoms with Gasteiger partial charge in [-0.3, -0.25) is 0 Å². The molecule has 0 saturated carbocycles. The zero-order chi connectivity index (χ0) is 19.1. The topological polar surface area (TPSA) is 53.5 Å². The molecule has 0 aliphatic heterocycles. The summed E-state index contributed by atoms with van der Waals surface area (Å²) in [6, 6.07) is 17.4. The van der Waals surface area contributed by atoms with Crippen molar-refractivity contribution in [2.24, 2.45) is 0 Å². The highest BCUT2D eigenvalue weighted by Gasteiger charge is 2.10. The first-order chi connectivity index (χ1) is 13.2. The second-order valence-corrected chi connectivity index (χ2v) is 6.67. The minimum atomic E-state index is 0.513. The molecule has 0 N–H and O–H groups in total. The lowest BCUT2D eigenvalue weighted by molar-refractivity contribution is 0.372. The van der Waals surface area contributed by atoms with Gasteiger partial charge in [0.2, 0.25) is 5.88 Å². The number of hydrogen-bond donors (Lipinski definition) is 0. The maximum Gasteiger partial charge on any atom is 0.223 e. The lowest BCUT2D eigenvalue weighted by Crippen LogP contribution is -1.98. The van der Waals surface area contributed by atoms with Gasteiger partial charge < -0.3 is 14.2 Å². The van der Waals surface area contributed by atoms with Crippen molar-refractivity contribution in [2.45, 2.75) is 24.3 Å². The number of thioether (sulfide) groups is 1. The first-order valence-electron chi connectivity index (χ1n) is 8.66. The number of methoxy groups -OCH3 is 2. The zero-order valence-electron chi connectivity index (χ0n) is 15.6. The average molecular weight is 382 g/mol. The Morgan fingerprint density at radius 3 is 2.44 bits per heavy atom. The van der Waals surface area contributed by atoms with E-state index < -0.39 is 0 Å². The summed E-state index contributed by atoms with van der Waals surface area (Å²) in [6.07, 6.45) is 0.803. The molecule has 5 nitrogen and oxygen atoms in total. The highest BCUT2D eigenvalue weighted by Crippen LogP contribution is 2.31. The molecule has 0 fully saturated rings. The van der Waals surface area contributed by atoms with Crippen molar-refractivity contribution < 1.29 is 14.2 Å². The van der Waals surface area contributed by atoms with Crippen LogP contribution in [0.3, 0.4) is 0 Å². The van der Waals surface area contributed by atoms with Gasteiger partial charge in [0, 0.05) is 17.5 Å². The van der Waals surface area contributed by atoms with Gasteiger partial charge in [0.15, 0.2) is 16.7 Å². The molecule has 3 aromatic rings. The summed E-state index contributed by atoms with van der Waals surface area (Å²) in [5, 5.41) is 0.682. The number of hydrogen-bond acceptors (Lipinski definition) is 6. The predicted octanol–water partition coefficient (Wildman–Crippen LogP) is 5.14. The molecule has 6 heteroatoms. The maximum absolute atomic E-state index is 5.96. The molecule has 0 radical (unpaired) electrons. The third-order valence-electron chi connectivity index (χ3n) is 3.88. The molecule has 0 aliphatic rings. The number of nitrogens with zero attached hydrogens (tertiary/aromatic N) is 2. The van der Waals surface area contributed by atoms with Gasteiger partial charge in [0.05, 0.1) is 14.2 Å². The van der Waals surface area contributed by atoms with Gasteiger partial charge in [-0.1, -0.05) is 43.0 Å². The van der Waals surface area contributed by atoms with Crippen molar-refractivity contribution >= 4 is 11.8 Å². The van der Waals surface area contributed by atoms with Crippen LogP contribution in [0.4, 0.5) is 0 Å². The van der Waals surface area contributed by atoms with Crippen molar-refractivity contribution in [1.82, 2.24) is 9.97 Å². The van der Waals surface area contributed by atoms with Crippen molar-refractivity contribution in [1.29, 1.82) is 0 Å². The van der Waals surface area contributed by atoms with E-state index >= 15 is 0 Å². The minimum Gasteiger partial charge on any atom is -0.497 e. The third kappa shape index (κ3) is 5.14. The Kier molecular flexibility index (Phi) is 6.54. The van der Waals surface area contributed by atoms with Gasteiger partial charge >= 0.3 is 0 Å². The summed E-state index contributed by atoms with van der Waals surface area (Å²) in [7, 11) is 3.29. The van der Waals surface area contributed by atoms with Crippen molar-refractivity contribution in [3.63, 3.8) is 0 Å². The Bertz CT molecular complexity index is 902. The van der Waals surface area contributed by atoms with E-state index in [0.717, 1.165) is 29.2 Å². The predicted molar refractivity (Wildman–Crippen MR) is 107 cm³/mol. The first kappa shape index (κ1) is 19.0. The quantitative estimate of drug-likeness (QED) is 0.397. The molecule has 0 amide bonds. The van der Waals surface area contributed by atoms with Gasteiger partial charge in [-0.25, -0.2) is 4.98 Å². The minimum absolute atomic E-state index is 0.513. The van der Waals surface area contributed by atoms with E-state index in [1.807, 2.05) is 48.5 Å². The number of para-hydroxylation sites is 2. The van der Waals surface area contributed by atoms with Crippen molar-refractivity contribution in [2.75, 3.05) is 14.2 Å². The van der Waals surface area contributed by atoms with E-state index in [2.05, 4.69) is 23.0 Å². The SMILES string of the molecule is CCc1cc(Oc2ccccc2OC)nc(SCc2cccc(OC)c2)n1. The normalized spacial score (nSPS) is 10.5. The molecule has 0 unspecified atom stereocenters.